The maximum atomic E-state index is 12.8. The van der Waals surface area contributed by atoms with Gasteiger partial charge in [0.25, 0.3) is 18.3 Å². The summed E-state index contributed by atoms with van der Waals surface area (Å²) in [6, 6.07) is 7.00. The zero-order valence-corrected chi connectivity index (χ0v) is 19.7. The number of carboxylic acids is 2. The van der Waals surface area contributed by atoms with E-state index in [4.69, 9.17) is 5.11 Å². The second-order valence-electron chi connectivity index (χ2n) is 7.99. The summed E-state index contributed by atoms with van der Waals surface area (Å²) in [6.07, 6.45) is -0.698. The van der Waals surface area contributed by atoms with Gasteiger partial charge in [0, 0.05) is 22.5 Å². The summed E-state index contributed by atoms with van der Waals surface area (Å²) in [6.45, 7) is -0.356. The largest absolute Gasteiger partial charge is 0.508 e. The molecule has 0 aliphatic heterocycles. The van der Waals surface area contributed by atoms with E-state index in [1.165, 1.54) is 0 Å². The molecule has 0 unspecified atom stereocenters. The van der Waals surface area contributed by atoms with Crippen molar-refractivity contribution in [2.45, 2.75) is 13.0 Å². The fourth-order valence-electron chi connectivity index (χ4n) is 3.53. The molecular weight excluding hydrogens is 520 g/mol. The number of benzene rings is 3. The minimum Gasteiger partial charge on any atom is -0.508 e. The van der Waals surface area contributed by atoms with Crippen LogP contribution in [0.4, 0.5) is 11.4 Å². The van der Waals surface area contributed by atoms with Gasteiger partial charge >= 0.3 is 11.9 Å². The smallest absolute Gasteiger partial charge is 0.335 e. The maximum absolute atomic E-state index is 12.8. The molecule has 0 aromatic heterocycles. The molecule has 0 aliphatic rings. The molecule has 0 spiro atoms. The molecule has 0 aliphatic carbocycles. The van der Waals surface area contributed by atoms with Crippen LogP contribution in [0.2, 0.25) is 0 Å². The average molecular weight is 540 g/mol. The van der Waals surface area contributed by atoms with E-state index in [-0.39, 0.29) is 29.0 Å². The van der Waals surface area contributed by atoms with E-state index < -0.39 is 76.5 Å². The molecule has 0 saturated heterocycles. The lowest BCUT2D eigenvalue weighted by atomic mass is 10.0. The molecule has 2 amide bonds. The first-order valence-electron chi connectivity index (χ1n) is 10.8. The summed E-state index contributed by atoms with van der Waals surface area (Å²) in [4.78, 5) is 58.7. The minimum absolute atomic E-state index is 0.0901. The number of carbonyl (C=O) groups is 5. The van der Waals surface area contributed by atoms with Gasteiger partial charge in [-0.3, -0.25) is 19.2 Å². The van der Waals surface area contributed by atoms with Gasteiger partial charge in [-0.05, 0) is 42.5 Å². The lowest BCUT2D eigenvalue weighted by molar-refractivity contribution is -0.136. The number of phenolic OH excluding ortho intramolecular Hbond substituents is 4. The molecule has 0 radical (unpaired) electrons. The van der Waals surface area contributed by atoms with Gasteiger partial charge in [0.1, 0.15) is 29.6 Å². The number of hydrogen-bond donors (Lipinski definition) is 8. The first-order chi connectivity index (χ1) is 18.4. The number of ether oxygens (including phenoxy) is 1. The Labute approximate surface area is 218 Å². The molecule has 0 fully saturated rings. The minimum atomic E-state index is -1.45. The highest BCUT2D eigenvalue weighted by Gasteiger charge is 2.21. The topological polar surface area (TPSA) is 240 Å². The number of hydrogen-bond acceptors (Lipinski definition) is 10. The Bertz CT molecular complexity index is 1500. The third kappa shape index (κ3) is 6.71. The zero-order valence-electron chi connectivity index (χ0n) is 19.7. The second-order valence-corrected chi connectivity index (χ2v) is 7.99. The normalized spacial score (nSPS) is 10.4. The molecule has 3 rings (SSSR count). The Balaban J connectivity index is 1.94. The number of aliphatic carboxylic acids is 1. The third-order valence-electron chi connectivity index (χ3n) is 5.18. The van der Waals surface area contributed by atoms with Gasteiger partial charge in [0.2, 0.25) is 0 Å². The first kappa shape index (κ1) is 27.8. The Morgan fingerprint density at radius 1 is 0.718 bits per heavy atom. The van der Waals surface area contributed by atoms with Crippen LogP contribution in [0, 0.1) is 0 Å². The number of nitrogens with one attached hydrogen (secondary N) is 2. The molecule has 39 heavy (non-hydrogen) atoms. The fourth-order valence-corrected chi connectivity index (χ4v) is 3.53. The monoisotopic (exact) mass is 540 g/mol. The first-order valence-corrected chi connectivity index (χ1v) is 10.8. The van der Waals surface area contributed by atoms with Crippen molar-refractivity contribution in [1.29, 1.82) is 0 Å². The van der Waals surface area contributed by atoms with Crippen LogP contribution in [0.1, 0.15) is 42.2 Å². The van der Waals surface area contributed by atoms with Gasteiger partial charge in [-0.25, -0.2) is 4.79 Å². The van der Waals surface area contributed by atoms with Crippen LogP contribution in [0.3, 0.4) is 0 Å². The zero-order chi connectivity index (χ0) is 28.9. The summed E-state index contributed by atoms with van der Waals surface area (Å²) >= 11 is 0. The molecule has 3 aromatic rings. The Morgan fingerprint density at radius 3 is 1.67 bits per heavy atom. The number of aromatic hydroxyl groups is 4. The molecule has 0 saturated carbocycles. The van der Waals surface area contributed by atoms with E-state index in [1.54, 1.807) is 0 Å². The van der Waals surface area contributed by atoms with Crippen molar-refractivity contribution >= 4 is 41.6 Å². The highest BCUT2D eigenvalue weighted by molar-refractivity contribution is 6.09. The van der Waals surface area contributed by atoms with E-state index in [0.29, 0.717) is 0 Å². The Morgan fingerprint density at radius 2 is 1.21 bits per heavy atom. The summed E-state index contributed by atoms with van der Waals surface area (Å²) in [7, 11) is 0. The van der Waals surface area contributed by atoms with Gasteiger partial charge in [-0.1, -0.05) is 0 Å². The van der Waals surface area contributed by atoms with E-state index in [0.717, 1.165) is 42.5 Å². The number of carbonyl (C=O) groups excluding carboxylic acids is 3. The van der Waals surface area contributed by atoms with Crippen LogP contribution in [-0.4, -0.2) is 60.9 Å². The fraction of sp³-hybridized carbons (Fsp3) is 0.0800. The van der Waals surface area contributed by atoms with Crippen molar-refractivity contribution < 1.29 is 59.3 Å². The van der Waals surface area contributed by atoms with Crippen molar-refractivity contribution in [2.75, 3.05) is 10.6 Å². The standard InChI is InChI=1S/C25H20N2O12/c28-10-39-9-13-4-17(30)8-19(22(13)34)24(36)27-15-2-12(25(37)38)1-14(6-15)26-23(35)18-7-16(29)3-11(21(18)33)5-20(31)32/h1-4,6-8,10,29-30,33-34H,5,9H2,(H,26,35)(H,27,36)(H,31,32)(H,37,38). The predicted octanol–water partition coefficient (Wildman–Crippen LogP) is 2.01. The molecule has 3 aromatic carbocycles. The van der Waals surface area contributed by atoms with Gasteiger partial charge in [0.15, 0.2) is 0 Å². The van der Waals surface area contributed by atoms with Crippen LogP contribution in [0.5, 0.6) is 23.0 Å². The van der Waals surface area contributed by atoms with Crippen LogP contribution in [-0.2, 0) is 27.4 Å². The highest BCUT2D eigenvalue weighted by atomic mass is 16.5. The summed E-state index contributed by atoms with van der Waals surface area (Å²) < 4.78 is 4.53. The molecule has 8 N–H and O–H groups in total. The third-order valence-corrected chi connectivity index (χ3v) is 5.18. The number of anilines is 2. The lowest BCUT2D eigenvalue weighted by Gasteiger charge is -2.14. The van der Waals surface area contributed by atoms with Gasteiger partial charge in [-0.2, -0.15) is 0 Å². The van der Waals surface area contributed by atoms with Crippen molar-refractivity contribution in [2.24, 2.45) is 0 Å². The van der Waals surface area contributed by atoms with Crippen molar-refractivity contribution in [3.8, 4) is 23.0 Å². The number of phenols is 4. The van der Waals surface area contributed by atoms with E-state index in [2.05, 4.69) is 15.4 Å². The van der Waals surface area contributed by atoms with Gasteiger partial charge < -0.3 is 46.0 Å². The molecule has 0 atom stereocenters. The number of amides is 2. The average Bonchev–Trinajstić information content (AvgIpc) is 2.85. The van der Waals surface area contributed by atoms with E-state index in [9.17, 15) is 49.5 Å². The SMILES string of the molecule is O=COCc1cc(O)cc(C(=O)Nc2cc(NC(=O)c3cc(O)cc(CC(=O)O)c3O)cc(C(=O)O)c2)c1O. The van der Waals surface area contributed by atoms with Crippen LogP contribution in [0.25, 0.3) is 0 Å². The summed E-state index contributed by atoms with van der Waals surface area (Å²) in [5.74, 6) is -7.11. The van der Waals surface area contributed by atoms with Crippen LogP contribution >= 0.6 is 0 Å². The van der Waals surface area contributed by atoms with E-state index in [1.807, 2.05) is 0 Å². The number of carboxylic acid groups (broad SMARTS) is 2. The number of rotatable bonds is 10. The van der Waals surface area contributed by atoms with E-state index >= 15 is 0 Å². The Hall–Kier alpha value is -5.79. The molecule has 0 heterocycles. The quantitative estimate of drug-likeness (QED) is 0.136. The van der Waals surface area contributed by atoms with Crippen LogP contribution in [0.15, 0.2) is 42.5 Å². The Kier molecular flexibility index (Phi) is 8.20. The summed E-state index contributed by atoms with van der Waals surface area (Å²) in [5, 5.41) is 63.5. The maximum Gasteiger partial charge on any atom is 0.335 e. The second kappa shape index (κ2) is 11.5. The molecule has 14 nitrogen and oxygen atoms in total. The summed E-state index contributed by atoms with van der Waals surface area (Å²) in [5.41, 5.74) is -2.03. The van der Waals surface area contributed by atoms with Crippen molar-refractivity contribution in [1.82, 2.24) is 0 Å². The highest BCUT2D eigenvalue weighted by Crippen LogP contribution is 2.31. The van der Waals surface area contributed by atoms with Crippen LogP contribution < -0.4 is 10.6 Å². The lowest BCUT2D eigenvalue weighted by Crippen LogP contribution is -2.16. The van der Waals surface area contributed by atoms with Crippen molar-refractivity contribution in [3.63, 3.8) is 0 Å². The predicted molar refractivity (Wildman–Crippen MR) is 131 cm³/mol. The molecule has 202 valence electrons. The van der Waals surface area contributed by atoms with Gasteiger partial charge in [-0.15, -0.1) is 0 Å². The van der Waals surface area contributed by atoms with Crippen molar-refractivity contribution in [3.05, 3.63) is 70.3 Å². The van der Waals surface area contributed by atoms with Gasteiger partial charge in [0.05, 0.1) is 23.1 Å². The molecule has 14 heteroatoms. The number of aromatic carboxylic acids is 1. The molecular formula is C25H20N2O12. The molecule has 0 bridgehead atoms.